The van der Waals surface area contributed by atoms with Crippen LogP contribution in [0.1, 0.15) is 23.5 Å². The second-order valence-corrected chi connectivity index (χ2v) is 7.32. The number of thiazole rings is 1. The van der Waals surface area contributed by atoms with E-state index in [0.29, 0.717) is 13.2 Å². The lowest BCUT2D eigenvalue weighted by atomic mass is 10.2. The van der Waals surface area contributed by atoms with Crippen molar-refractivity contribution in [3.05, 3.63) is 16.1 Å². The van der Waals surface area contributed by atoms with Crippen molar-refractivity contribution < 1.29 is 13.2 Å². The molecule has 0 saturated carbocycles. The molecule has 0 bridgehead atoms. The van der Waals surface area contributed by atoms with Gasteiger partial charge in [-0.3, -0.25) is 0 Å². The number of hydrogen-bond donors (Lipinski definition) is 1. The third-order valence-corrected chi connectivity index (χ3v) is 5.52. The predicted octanol–water partition coefficient (Wildman–Crippen LogP) is 0.897. The van der Waals surface area contributed by atoms with Crippen molar-refractivity contribution >= 4 is 21.5 Å². The van der Waals surface area contributed by atoms with Crippen LogP contribution in [0.3, 0.4) is 0 Å². The second kappa shape index (κ2) is 6.27. The number of nitrogens with zero attached hydrogens (tertiary/aromatic N) is 2. The van der Waals surface area contributed by atoms with E-state index in [1.807, 2.05) is 12.3 Å². The van der Waals surface area contributed by atoms with Crippen molar-refractivity contribution in [2.24, 2.45) is 0 Å². The molecule has 108 valence electrons. The largest absolute Gasteiger partial charge is 0.383 e. The van der Waals surface area contributed by atoms with E-state index in [1.165, 1.54) is 15.6 Å². The lowest BCUT2D eigenvalue weighted by molar-refractivity contribution is 0.148. The quantitative estimate of drug-likeness (QED) is 0.847. The molecule has 1 aromatic rings. The summed E-state index contributed by atoms with van der Waals surface area (Å²) in [5.41, 5.74) is 0.758. The predicted molar refractivity (Wildman–Crippen MR) is 74.2 cm³/mol. The van der Waals surface area contributed by atoms with Crippen molar-refractivity contribution in [2.45, 2.75) is 32.4 Å². The van der Waals surface area contributed by atoms with Gasteiger partial charge in [0.15, 0.2) is 0 Å². The molecule has 8 heteroatoms. The maximum atomic E-state index is 12.2. The van der Waals surface area contributed by atoms with Crippen LogP contribution in [0.2, 0.25) is 0 Å². The molecule has 0 aliphatic carbocycles. The summed E-state index contributed by atoms with van der Waals surface area (Å²) >= 11 is 1.52. The number of aromatic nitrogens is 1. The minimum Gasteiger partial charge on any atom is -0.383 e. The molecule has 19 heavy (non-hydrogen) atoms. The van der Waals surface area contributed by atoms with E-state index in [1.54, 1.807) is 7.11 Å². The highest BCUT2D eigenvalue weighted by Crippen LogP contribution is 2.20. The fourth-order valence-electron chi connectivity index (χ4n) is 2.22. The smallest absolute Gasteiger partial charge is 0.280 e. The lowest BCUT2D eigenvalue weighted by Gasteiger charge is -2.23. The lowest BCUT2D eigenvalue weighted by Crippen LogP contribution is -2.44. The number of rotatable bonds is 6. The van der Waals surface area contributed by atoms with E-state index in [0.717, 1.165) is 23.5 Å². The molecule has 1 N–H and O–H groups in total. The number of ether oxygens (including phenoxy) is 1. The third kappa shape index (κ3) is 3.73. The first-order chi connectivity index (χ1) is 9.03. The average molecular weight is 305 g/mol. The molecule has 0 spiro atoms. The van der Waals surface area contributed by atoms with Crippen LogP contribution < -0.4 is 4.72 Å². The molecule has 0 amide bonds. The summed E-state index contributed by atoms with van der Waals surface area (Å²) in [6.45, 7) is 3.14. The summed E-state index contributed by atoms with van der Waals surface area (Å²) in [6, 6.07) is -0.0559. The molecule has 1 aliphatic heterocycles. The molecule has 2 heterocycles. The van der Waals surface area contributed by atoms with Crippen LogP contribution in [-0.2, 0) is 21.5 Å². The van der Waals surface area contributed by atoms with E-state index < -0.39 is 10.2 Å². The summed E-state index contributed by atoms with van der Waals surface area (Å²) in [5.74, 6) is 0. The number of nitrogens with one attached hydrogen (secondary N) is 1. The summed E-state index contributed by atoms with van der Waals surface area (Å²) in [5, 5.41) is 2.81. The monoisotopic (exact) mass is 305 g/mol. The number of methoxy groups -OCH3 is 1. The topological polar surface area (TPSA) is 71.5 Å². The fourth-order valence-corrected chi connectivity index (χ4v) is 4.26. The van der Waals surface area contributed by atoms with Gasteiger partial charge in [-0.25, -0.2) is 4.98 Å². The zero-order chi connectivity index (χ0) is 13.9. The van der Waals surface area contributed by atoms with Crippen molar-refractivity contribution in [3.63, 3.8) is 0 Å². The zero-order valence-electron chi connectivity index (χ0n) is 11.1. The SMILES string of the molecule is COCC1CCCN1S(=O)(=O)NCc1csc(C)n1. The van der Waals surface area contributed by atoms with Gasteiger partial charge < -0.3 is 4.74 Å². The van der Waals surface area contributed by atoms with Gasteiger partial charge in [0.25, 0.3) is 10.2 Å². The van der Waals surface area contributed by atoms with Crippen LogP contribution in [0.15, 0.2) is 5.38 Å². The Morgan fingerprint density at radius 2 is 2.42 bits per heavy atom. The molecule has 1 aliphatic rings. The highest BCUT2D eigenvalue weighted by atomic mass is 32.2. The molecule has 1 unspecified atom stereocenters. The maximum absolute atomic E-state index is 12.2. The highest BCUT2D eigenvalue weighted by molar-refractivity contribution is 7.87. The van der Waals surface area contributed by atoms with Crippen LogP contribution >= 0.6 is 11.3 Å². The van der Waals surface area contributed by atoms with Gasteiger partial charge in [0.05, 0.1) is 23.9 Å². The Bertz CT molecular complexity index is 515. The molecular weight excluding hydrogens is 286 g/mol. The van der Waals surface area contributed by atoms with Gasteiger partial charge in [-0.15, -0.1) is 11.3 Å². The van der Waals surface area contributed by atoms with Gasteiger partial charge in [0, 0.05) is 25.1 Å². The molecule has 1 aromatic heterocycles. The normalized spacial score (nSPS) is 21.1. The van der Waals surface area contributed by atoms with Gasteiger partial charge in [-0.1, -0.05) is 0 Å². The Kier molecular flexibility index (Phi) is 4.91. The Balaban J connectivity index is 1.97. The maximum Gasteiger partial charge on any atom is 0.280 e. The minimum atomic E-state index is -3.45. The van der Waals surface area contributed by atoms with Crippen molar-refractivity contribution in [2.75, 3.05) is 20.3 Å². The van der Waals surface area contributed by atoms with Crippen molar-refractivity contribution in [1.82, 2.24) is 14.0 Å². The minimum absolute atomic E-state index is 0.0559. The van der Waals surface area contributed by atoms with Crippen LogP contribution in [0.25, 0.3) is 0 Å². The van der Waals surface area contributed by atoms with E-state index >= 15 is 0 Å². The second-order valence-electron chi connectivity index (χ2n) is 4.55. The summed E-state index contributed by atoms with van der Waals surface area (Å²) < 4.78 is 33.6. The Labute approximate surface area is 118 Å². The number of aryl methyl sites for hydroxylation is 1. The van der Waals surface area contributed by atoms with Crippen molar-refractivity contribution in [3.8, 4) is 0 Å². The fraction of sp³-hybridized carbons (Fsp3) is 0.727. The van der Waals surface area contributed by atoms with Gasteiger partial charge >= 0.3 is 0 Å². The van der Waals surface area contributed by atoms with Crippen LogP contribution in [0, 0.1) is 6.92 Å². The zero-order valence-corrected chi connectivity index (χ0v) is 12.8. The molecular formula is C11H19N3O3S2. The number of hydrogen-bond acceptors (Lipinski definition) is 5. The van der Waals surface area contributed by atoms with Gasteiger partial charge in [0.1, 0.15) is 0 Å². The summed E-state index contributed by atoms with van der Waals surface area (Å²) in [4.78, 5) is 4.24. The van der Waals surface area contributed by atoms with E-state index in [9.17, 15) is 8.42 Å². The first-order valence-corrected chi connectivity index (χ1v) is 8.51. The Morgan fingerprint density at radius 3 is 3.05 bits per heavy atom. The van der Waals surface area contributed by atoms with Crippen LogP contribution in [-0.4, -0.2) is 44.0 Å². The Morgan fingerprint density at radius 1 is 1.63 bits per heavy atom. The molecule has 2 rings (SSSR count). The first kappa shape index (κ1) is 14.9. The molecule has 1 fully saturated rings. The van der Waals surface area contributed by atoms with Crippen LogP contribution in [0.4, 0.5) is 0 Å². The van der Waals surface area contributed by atoms with E-state index in [4.69, 9.17) is 4.74 Å². The Hall–Kier alpha value is -0.540. The molecule has 6 nitrogen and oxygen atoms in total. The van der Waals surface area contributed by atoms with E-state index in [-0.39, 0.29) is 12.6 Å². The molecule has 0 aromatic carbocycles. The first-order valence-electron chi connectivity index (χ1n) is 6.19. The summed E-state index contributed by atoms with van der Waals surface area (Å²) in [6.07, 6.45) is 1.73. The molecule has 1 saturated heterocycles. The standard InChI is InChI=1S/C11H19N3O3S2/c1-9-13-10(8-18-9)6-12-19(15,16)14-5-3-4-11(14)7-17-2/h8,11-12H,3-7H2,1-2H3. The molecule has 1 atom stereocenters. The average Bonchev–Trinajstić information content (AvgIpc) is 2.97. The van der Waals surface area contributed by atoms with E-state index in [2.05, 4.69) is 9.71 Å². The summed E-state index contributed by atoms with van der Waals surface area (Å²) in [7, 11) is -1.86. The highest BCUT2D eigenvalue weighted by Gasteiger charge is 2.33. The van der Waals surface area contributed by atoms with Crippen molar-refractivity contribution in [1.29, 1.82) is 0 Å². The molecule has 0 radical (unpaired) electrons. The third-order valence-electron chi connectivity index (χ3n) is 3.09. The van der Waals surface area contributed by atoms with Gasteiger partial charge in [-0.05, 0) is 19.8 Å². The van der Waals surface area contributed by atoms with Gasteiger partial charge in [-0.2, -0.15) is 17.4 Å². The van der Waals surface area contributed by atoms with Crippen LogP contribution in [0.5, 0.6) is 0 Å². The van der Waals surface area contributed by atoms with Gasteiger partial charge in [0.2, 0.25) is 0 Å².